The molecule has 1 rings (SSSR count). The van der Waals surface area contributed by atoms with Gasteiger partial charge < -0.3 is 5.11 Å². The minimum Gasteiger partial charge on any atom is -0.464 e. The molecule has 0 radical (unpaired) electrons. The lowest BCUT2D eigenvalue weighted by Gasteiger charge is -2.09. The minimum absolute atomic E-state index is 0.122. The fourth-order valence-electron chi connectivity index (χ4n) is 0.863. The Hall–Kier alpha value is -0.930. The molecule has 0 aromatic heterocycles. The van der Waals surface area contributed by atoms with E-state index in [1.165, 1.54) is 0 Å². The van der Waals surface area contributed by atoms with E-state index in [2.05, 4.69) is 0 Å². The third kappa shape index (κ3) is 3.13. The van der Waals surface area contributed by atoms with Gasteiger partial charge in [-0.2, -0.15) is 0 Å². The van der Waals surface area contributed by atoms with Gasteiger partial charge in [-0.15, -0.1) is 0 Å². The number of carbonyl (C=O) groups is 1. The van der Waals surface area contributed by atoms with E-state index in [0.717, 1.165) is 5.56 Å². The van der Waals surface area contributed by atoms with E-state index in [4.69, 9.17) is 28.5 Å². The van der Waals surface area contributed by atoms with E-state index in [0.29, 0.717) is 9.44 Å². The van der Waals surface area contributed by atoms with Crippen LogP contribution in [0.3, 0.4) is 0 Å². The van der Waals surface area contributed by atoms with Gasteiger partial charge in [0.1, 0.15) is 0 Å². The van der Waals surface area contributed by atoms with Crippen molar-refractivity contribution in [3.63, 3.8) is 0 Å². The van der Waals surface area contributed by atoms with Crippen molar-refractivity contribution in [1.82, 2.24) is 4.42 Å². The molecule has 0 aliphatic heterocycles. The van der Waals surface area contributed by atoms with Crippen LogP contribution in [-0.4, -0.2) is 15.6 Å². The lowest BCUT2D eigenvalue weighted by molar-refractivity contribution is 0.172. The number of carboxylic acid groups (broad SMARTS) is 1. The number of hydrogen-bond donors (Lipinski definition) is 1. The predicted molar refractivity (Wildman–Crippen MR) is 50.9 cm³/mol. The summed E-state index contributed by atoms with van der Waals surface area (Å²) in [7, 11) is 0. The molecule has 0 saturated carbocycles. The van der Waals surface area contributed by atoms with Crippen LogP contribution < -0.4 is 0 Å². The highest BCUT2D eigenvalue weighted by Gasteiger charge is 2.08. The molecule has 1 aromatic carbocycles. The third-order valence-electron chi connectivity index (χ3n) is 1.42. The smallest absolute Gasteiger partial charge is 0.422 e. The molecular formula is C8H7Cl2NO2. The number of rotatable bonds is 2. The van der Waals surface area contributed by atoms with Crippen molar-refractivity contribution in [2.24, 2.45) is 0 Å². The van der Waals surface area contributed by atoms with Crippen LogP contribution in [0.1, 0.15) is 5.56 Å². The Morgan fingerprint density at radius 2 is 2.23 bits per heavy atom. The molecule has 0 atom stereocenters. The van der Waals surface area contributed by atoms with Crippen LogP contribution in [0.4, 0.5) is 4.79 Å². The van der Waals surface area contributed by atoms with Gasteiger partial charge in [0.25, 0.3) is 0 Å². The quantitative estimate of drug-likeness (QED) is 0.778. The van der Waals surface area contributed by atoms with E-state index in [-0.39, 0.29) is 6.54 Å². The molecule has 0 spiro atoms. The Kier molecular flexibility index (Phi) is 3.39. The van der Waals surface area contributed by atoms with Crippen molar-refractivity contribution in [3.05, 3.63) is 34.9 Å². The maximum Gasteiger partial charge on any atom is 0.422 e. The van der Waals surface area contributed by atoms with Gasteiger partial charge >= 0.3 is 6.09 Å². The molecule has 0 aliphatic carbocycles. The maximum atomic E-state index is 10.3. The number of amides is 1. The van der Waals surface area contributed by atoms with Gasteiger partial charge in [-0.05, 0) is 17.7 Å². The topological polar surface area (TPSA) is 40.5 Å². The number of hydrogen-bond acceptors (Lipinski definition) is 1. The van der Waals surface area contributed by atoms with Crippen molar-refractivity contribution >= 4 is 29.5 Å². The summed E-state index contributed by atoms with van der Waals surface area (Å²) < 4.78 is 0.672. The molecule has 1 aromatic rings. The summed E-state index contributed by atoms with van der Waals surface area (Å²) in [6.45, 7) is 0.122. The van der Waals surface area contributed by atoms with Gasteiger partial charge in [-0.3, -0.25) is 0 Å². The molecule has 0 saturated heterocycles. The Labute approximate surface area is 85.6 Å². The normalized spacial score (nSPS) is 9.69. The first-order chi connectivity index (χ1) is 6.09. The molecule has 13 heavy (non-hydrogen) atoms. The largest absolute Gasteiger partial charge is 0.464 e. The second-order valence-electron chi connectivity index (χ2n) is 2.43. The molecule has 0 bridgehead atoms. The molecule has 70 valence electrons. The zero-order chi connectivity index (χ0) is 9.84. The molecule has 1 amide bonds. The SMILES string of the molecule is O=C(O)N(Cl)Cc1cccc(Cl)c1. The van der Waals surface area contributed by atoms with Gasteiger partial charge in [0.2, 0.25) is 0 Å². The fraction of sp³-hybridized carbons (Fsp3) is 0.125. The van der Waals surface area contributed by atoms with Crippen molar-refractivity contribution in [3.8, 4) is 0 Å². The summed E-state index contributed by atoms with van der Waals surface area (Å²) >= 11 is 11.1. The van der Waals surface area contributed by atoms with Crippen molar-refractivity contribution in [2.75, 3.05) is 0 Å². The fourth-order valence-corrected chi connectivity index (χ4v) is 1.21. The molecule has 0 unspecified atom stereocenters. The summed E-state index contributed by atoms with van der Waals surface area (Å²) in [5, 5.41) is 9.04. The summed E-state index contributed by atoms with van der Waals surface area (Å²) in [5.74, 6) is 0. The van der Waals surface area contributed by atoms with Gasteiger partial charge in [0, 0.05) is 16.8 Å². The Bertz CT molecular complexity index is 317. The average Bonchev–Trinajstić information content (AvgIpc) is 2.04. The first-order valence-corrected chi connectivity index (χ1v) is 4.22. The third-order valence-corrected chi connectivity index (χ3v) is 1.92. The maximum absolute atomic E-state index is 10.3. The number of benzene rings is 1. The molecule has 1 N–H and O–H groups in total. The molecule has 0 heterocycles. The van der Waals surface area contributed by atoms with E-state index in [1.54, 1.807) is 24.3 Å². The highest BCUT2D eigenvalue weighted by atomic mass is 35.5. The van der Waals surface area contributed by atoms with Crippen molar-refractivity contribution in [2.45, 2.75) is 6.54 Å². The lowest BCUT2D eigenvalue weighted by atomic mass is 10.2. The zero-order valence-corrected chi connectivity index (χ0v) is 8.09. The first kappa shape index (κ1) is 10.2. The van der Waals surface area contributed by atoms with Gasteiger partial charge in [0.05, 0.1) is 6.54 Å². The van der Waals surface area contributed by atoms with Crippen LogP contribution in [0.2, 0.25) is 5.02 Å². The lowest BCUT2D eigenvalue weighted by Crippen LogP contribution is -2.18. The molecule has 0 aliphatic rings. The molecule has 0 fully saturated rings. The minimum atomic E-state index is -1.18. The van der Waals surface area contributed by atoms with Crippen LogP contribution in [0.25, 0.3) is 0 Å². The predicted octanol–water partition coefficient (Wildman–Crippen LogP) is 2.97. The van der Waals surface area contributed by atoms with Gasteiger partial charge in [0.15, 0.2) is 0 Å². The first-order valence-electron chi connectivity index (χ1n) is 3.50. The molecular weight excluding hydrogens is 213 g/mol. The average molecular weight is 220 g/mol. The summed E-state index contributed by atoms with van der Waals surface area (Å²) in [4.78, 5) is 10.3. The highest BCUT2D eigenvalue weighted by Crippen LogP contribution is 2.13. The van der Waals surface area contributed by atoms with Crippen LogP contribution in [-0.2, 0) is 6.54 Å². The van der Waals surface area contributed by atoms with Crippen LogP contribution in [0.5, 0.6) is 0 Å². The van der Waals surface area contributed by atoms with Crippen molar-refractivity contribution < 1.29 is 9.90 Å². The van der Waals surface area contributed by atoms with Crippen LogP contribution >= 0.6 is 23.4 Å². The van der Waals surface area contributed by atoms with Crippen molar-refractivity contribution in [1.29, 1.82) is 0 Å². The number of nitrogens with zero attached hydrogens (tertiary/aromatic N) is 1. The second-order valence-corrected chi connectivity index (χ2v) is 3.28. The van der Waals surface area contributed by atoms with E-state index in [1.807, 2.05) is 0 Å². The summed E-state index contributed by atoms with van der Waals surface area (Å²) in [6, 6.07) is 6.87. The second kappa shape index (κ2) is 4.35. The van der Waals surface area contributed by atoms with E-state index in [9.17, 15) is 4.79 Å². The monoisotopic (exact) mass is 219 g/mol. The Balaban J connectivity index is 2.69. The van der Waals surface area contributed by atoms with Gasteiger partial charge in [-0.1, -0.05) is 23.7 Å². The summed E-state index contributed by atoms with van der Waals surface area (Å²) in [6.07, 6.45) is -1.18. The Morgan fingerprint density at radius 1 is 1.54 bits per heavy atom. The van der Waals surface area contributed by atoms with E-state index >= 15 is 0 Å². The highest BCUT2D eigenvalue weighted by molar-refractivity contribution is 6.30. The standard InChI is InChI=1S/C8H7Cl2NO2/c9-7-3-1-2-6(4-7)5-11(10)8(12)13/h1-4H,5H2,(H,12,13). The van der Waals surface area contributed by atoms with Crippen LogP contribution in [0.15, 0.2) is 24.3 Å². The molecule has 5 heteroatoms. The summed E-state index contributed by atoms with van der Waals surface area (Å²) in [5.41, 5.74) is 0.755. The van der Waals surface area contributed by atoms with E-state index < -0.39 is 6.09 Å². The van der Waals surface area contributed by atoms with Crippen LogP contribution in [0, 0.1) is 0 Å². The number of halogens is 2. The molecule has 3 nitrogen and oxygen atoms in total. The Morgan fingerprint density at radius 3 is 2.77 bits per heavy atom. The zero-order valence-electron chi connectivity index (χ0n) is 6.58. The van der Waals surface area contributed by atoms with Gasteiger partial charge in [-0.25, -0.2) is 9.21 Å².